The molecule has 0 amide bonds. The van der Waals surface area contributed by atoms with Crippen molar-refractivity contribution in [2.75, 3.05) is 6.61 Å². The highest BCUT2D eigenvalue weighted by Crippen LogP contribution is 2.24. The van der Waals surface area contributed by atoms with Crippen molar-refractivity contribution < 1.29 is 14.3 Å². The lowest BCUT2D eigenvalue weighted by atomic mass is 10.0. The summed E-state index contributed by atoms with van der Waals surface area (Å²) in [6, 6.07) is 31.1. The van der Waals surface area contributed by atoms with Gasteiger partial charge in [0.2, 0.25) is 0 Å². The molecule has 0 saturated heterocycles. The smallest absolute Gasteiger partial charge is 0.193 e. The van der Waals surface area contributed by atoms with Crippen LogP contribution in [0.15, 0.2) is 97.1 Å². The van der Waals surface area contributed by atoms with Crippen molar-refractivity contribution in [3.8, 4) is 17.2 Å². The molecule has 0 aromatic heterocycles. The Hall–Kier alpha value is -3.85. The summed E-state index contributed by atoms with van der Waals surface area (Å²) >= 11 is 0. The van der Waals surface area contributed by atoms with Crippen LogP contribution in [0.5, 0.6) is 17.2 Å². The number of carbonyl (C=O) groups excluding carboxylic acids is 1. The Bertz CT molecular complexity index is 1160. The van der Waals surface area contributed by atoms with Crippen molar-refractivity contribution in [3.63, 3.8) is 0 Å². The molecule has 0 saturated carbocycles. The predicted octanol–water partition coefficient (Wildman–Crippen LogP) is 7.01. The molecule has 0 aliphatic carbocycles. The summed E-state index contributed by atoms with van der Waals surface area (Å²) in [4.78, 5) is 12.6. The van der Waals surface area contributed by atoms with Gasteiger partial charge in [0.05, 0.1) is 6.61 Å². The molecule has 160 valence electrons. The maximum absolute atomic E-state index is 12.6. The third kappa shape index (κ3) is 5.44. The summed E-state index contributed by atoms with van der Waals surface area (Å²) < 4.78 is 11.4. The zero-order chi connectivity index (χ0) is 22.3. The van der Waals surface area contributed by atoms with Gasteiger partial charge in [0.1, 0.15) is 17.2 Å². The molecule has 0 spiro atoms. The highest BCUT2D eigenvalue weighted by atomic mass is 16.5. The SMILES string of the molecule is CCOc1ccc(Cc2ccc(Oc3ccc(C(=O)c4ccc(C)cc4)cc3)cc2)cc1. The Morgan fingerprint density at radius 3 is 1.56 bits per heavy atom. The average Bonchev–Trinajstić information content (AvgIpc) is 2.82. The van der Waals surface area contributed by atoms with Crippen LogP contribution in [0, 0.1) is 6.92 Å². The Labute approximate surface area is 189 Å². The van der Waals surface area contributed by atoms with Gasteiger partial charge in [-0.2, -0.15) is 0 Å². The van der Waals surface area contributed by atoms with Gasteiger partial charge >= 0.3 is 0 Å². The Kier molecular flexibility index (Phi) is 6.66. The summed E-state index contributed by atoms with van der Waals surface area (Å²) in [5.74, 6) is 2.37. The summed E-state index contributed by atoms with van der Waals surface area (Å²) in [5, 5.41) is 0. The van der Waals surface area contributed by atoms with Crippen molar-refractivity contribution in [2.24, 2.45) is 0 Å². The van der Waals surface area contributed by atoms with E-state index in [1.54, 1.807) is 12.1 Å². The van der Waals surface area contributed by atoms with E-state index in [9.17, 15) is 4.79 Å². The Morgan fingerprint density at radius 2 is 1.06 bits per heavy atom. The van der Waals surface area contributed by atoms with Gasteiger partial charge in [0.25, 0.3) is 0 Å². The maximum Gasteiger partial charge on any atom is 0.193 e. The molecule has 0 bridgehead atoms. The van der Waals surface area contributed by atoms with Crippen molar-refractivity contribution in [1.29, 1.82) is 0 Å². The number of benzene rings is 4. The molecule has 0 radical (unpaired) electrons. The van der Waals surface area contributed by atoms with Crippen LogP contribution in [-0.2, 0) is 6.42 Å². The second kappa shape index (κ2) is 9.97. The number of aryl methyl sites for hydroxylation is 1. The number of ether oxygens (including phenoxy) is 2. The van der Waals surface area contributed by atoms with Crippen molar-refractivity contribution >= 4 is 5.78 Å². The first kappa shape index (κ1) is 21.4. The van der Waals surface area contributed by atoms with E-state index in [4.69, 9.17) is 9.47 Å². The van der Waals surface area contributed by atoms with E-state index >= 15 is 0 Å². The summed E-state index contributed by atoms with van der Waals surface area (Å²) in [6.45, 7) is 4.66. The van der Waals surface area contributed by atoms with Crippen LogP contribution >= 0.6 is 0 Å². The van der Waals surface area contributed by atoms with E-state index in [1.165, 1.54) is 11.1 Å². The fourth-order valence-corrected chi connectivity index (χ4v) is 3.46. The van der Waals surface area contributed by atoms with Crippen LogP contribution in [0.1, 0.15) is 39.5 Å². The largest absolute Gasteiger partial charge is 0.494 e. The molecular formula is C29H26O3. The van der Waals surface area contributed by atoms with E-state index in [-0.39, 0.29) is 5.78 Å². The van der Waals surface area contributed by atoms with Crippen molar-refractivity contribution in [1.82, 2.24) is 0 Å². The number of carbonyl (C=O) groups is 1. The highest BCUT2D eigenvalue weighted by molar-refractivity contribution is 6.09. The topological polar surface area (TPSA) is 35.5 Å². The third-order valence-electron chi connectivity index (χ3n) is 5.23. The van der Waals surface area contributed by atoms with Gasteiger partial charge in [0.15, 0.2) is 5.78 Å². The quantitative estimate of drug-likeness (QED) is 0.287. The van der Waals surface area contributed by atoms with Crippen LogP contribution in [0.4, 0.5) is 0 Å². The van der Waals surface area contributed by atoms with Crippen LogP contribution in [0.2, 0.25) is 0 Å². The number of hydrogen-bond acceptors (Lipinski definition) is 3. The molecule has 3 heteroatoms. The normalized spacial score (nSPS) is 10.6. The molecule has 4 aromatic carbocycles. The molecule has 4 aromatic rings. The lowest BCUT2D eigenvalue weighted by molar-refractivity contribution is 0.103. The summed E-state index contributed by atoms with van der Waals surface area (Å²) in [7, 11) is 0. The first-order valence-electron chi connectivity index (χ1n) is 10.8. The second-order valence-corrected chi connectivity index (χ2v) is 7.72. The van der Waals surface area contributed by atoms with Gasteiger partial charge in [-0.1, -0.05) is 54.1 Å². The van der Waals surface area contributed by atoms with E-state index < -0.39 is 0 Å². The fraction of sp³-hybridized carbons (Fsp3) is 0.138. The van der Waals surface area contributed by atoms with Gasteiger partial charge in [0, 0.05) is 11.1 Å². The summed E-state index contributed by atoms with van der Waals surface area (Å²) in [6.07, 6.45) is 0.850. The maximum atomic E-state index is 12.6. The van der Waals surface area contributed by atoms with E-state index in [0.29, 0.717) is 23.5 Å². The highest BCUT2D eigenvalue weighted by Gasteiger charge is 2.09. The van der Waals surface area contributed by atoms with Crippen molar-refractivity contribution in [2.45, 2.75) is 20.3 Å². The van der Waals surface area contributed by atoms with E-state index in [0.717, 1.165) is 23.5 Å². The van der Waals surface area contributed by atoms with Crippen LogP contribution in [0.25, 0.3) is 0 Å². The molecule has 0 aliphatic rings. The number of ketones is 1. The monoisotopic (exact) mass is 422 g/mol. The molecule has 0 aliphatic heterocycles. The lowest BCUT2D eigenvalue weighted by Gasteiger charge is -2.09. The predicted molar refractivity (Wildman–Crippen MR) is 128 cm³/mol. The molecule has 0 unspecified atom stereocenters. The third-order valence-corrected chi connectivity index (χ3v) is 5.23. The van der Waals surface area contributed by atoms with Crippen molar-refractivity contribution in [3.05, 3.63) is 125 Å². The van der Waals surface area contributed by atoms with Gasteiger partial charge in [-0.25, -0.2) is 0 Å². The summed E-state index contributed by atoms with van der Waals surface area (Å²) in [5.41, 5.74) is 4.91. The lowest BCUT2D eigenvalue weighted by Crippen LogP contribution is -2.00. The number of rotatable bonds is 8. The molecule has 0 atom stereocenters. The molecule has 0 N–H and O–H groups in total. The molecule has 3 nitrogen and oxygen atoms in total. The van der Waals surface area contributed by atoms with Crippen LogP contribution in [-0.4, -0.2) is 12.4 Å². The Morgan fingerprint density at radius 1 is 0.625 bits per heavy atom. The second-order valence-electron chi connectivity index (χ2n) is 7.72. The van der Waals surface area contributed by atoms with E-state index in [2.05, 4.69) is 24.3 Å². The Balaban J connectivity index is 1.36. The van der Waals surface area contributed by atoms with Gasteiger partial charge in [-0.15, -0.1) is 0 Å². The van der Waals surface area contributed by atoms with Crippen LogP contribution < -0.4 is 9.47 Å². The minimum absolute atomic E-state index is 0.00944. The van der Waals surface area contributed by atoms with Gasteiger partial charge in [-0.05, 0) is 79.9 Å². The zero-order valence-electron chi connectivity index (χ0n) is 18.4. The minimum Gasteiger partial charge on any atom is -0.494 e. The molecule has 4 rings (SSSR count). The molecule has 32 heavy (non-hydrogen) atoms. The minimum atomic E-state index is 0.00944. The average molecular weight is 423 g/mol. The first-order chi connectivity index (χ1) is 15.6. The fourth-order valence-electron chi connectivity index (χ4n) is 3.46. The molecule has 0 fully saturated rings. The zero-order valence-corrected chi connectivity index (χ0v) is 18.4. The first-order valence-corrected chi connectivity index (χ1v) is 10.8. The molecular weight excluding hydrogens is 396 g/mol. The molecule has 0 heterocycles. The van der Waals surface area contributed by atoms with Gasteiger partial charge < -0.3 is 9.47 Å². The van der Waals surface area contributed by atoms with Crippen LogP contribution in [0.3, 0.4) is 0 Å². The standard InChI is InChI=1S/C29H26O3/c1-3-31-26-14-6-22(7-15-26)20-23-8-16-27(17-9-23)32-28-18-12-25(13-19-28)29(30)24-10-4-21(2)5-11-24/h4-19H,3,20H2,1-2H3. The van der Waals surface area contributed by atoms with Gasteiger partial charge in [-0.3, -0.25) is 4.79 Å². The number of hydrogen-bond donors (Lipinski definition) is 0. The van der Waals surface area contributed by atoms with E-state index in [1.807, 2.05) is 74.5 Å².